The summed E-state index contributed by atoms with van der Waals surface area (Å²) in [5.74, 6) is 0.704. The number of methoxy groups -OCH3 is 1. The zero-order chi connectivity index (χ0) is 14.9. The van der Waals surface area contributed by atoms with E-state index in [0.717, 1.165) is 22.6 Å². The maximum absolute atomic E-state index is 6.23. The van der Waals surface area contributed by atoms with E-state index in [-0.39, 0.29) is 0 Å². The molecule has 0 saturated heterocycles. The van der Waals surface area contributed by atoms with Crippen molar-refractivity contribution in [3.05, 3.63) is 39.1 Å². The second kappa shape index (κ2) is 5.94. The van der Waals surface area contributed by atoms with Crippen LogP contribution in [0.5, 0.6) is 5.75 Å². The summed E-state index contributed by atoms with van der Waals surface area (Å²) in [4.78, 5) is 0. The SMILES string of the molecule is COc1cc(Cl)c(C)cc1NCc1c(Cl)c(C)nn1C. The van der Waals surface area contributed by atoms with Gasteiger partial charge in [0.1, 0.15) is 5.75 Å². The van der Waals surface area contributed by atoms with Gasteiger partial charge in [-0.05, 0) is 25.5 Å². The van der Waals surface area contributed by atoms with Crippen LogP contribution >= 0.6 is 23.2 Å². The van der Waals surface area contributed by atoms with Gasteiger partial charge in [-0.2, -0.15) is 5.10 Å². The molecule has 0 bridgehead atoms. The Labute approximate surface area is 128 Å². The molecule has 2 rings (SSSR count). The number of ether oxygens (including phenoxy) is 1. The van der Waals surface area contributed by atoms with Crippen LogP contribution in [0.15, 0.2) is 12.1 Å². The molecule has 0 fully saturated rings. The summed E-state index contributed by atoms with van der Waals surface area (Å²) < 4.78 is 7.11. The lowest BCUT2D eigenvalue weighted by atomic mass is 10.2. The second-order valence-electron chi connectivity index (χ2n) is 4.62. The third kappa shape index (κ3) is 2.86. The van der Waals surface area contributed by atoms with Gasteiger partial charge in [-0.1, -0.05) is 23.2 Å². The Morgan fingerprint density at radius 2 is 2.00 bits per heavy atom. The van der Waals surface area contributed by atoms with Crippen LogP contribution in [0.1, 0.15) is 17.0 Å². The van der Waals surface area contributed by atoms with Gasteiger partial charge in [0.2, 0.25) is 0 Å². The summed E-state index contributed by atoms with van der Waals surface area (Å²) >= 11 is 12.3. The third-order valence-corrected chi connectivity index (χ3v) is 4.09. The number of hydrogen-bond acceptors (Lipinski definition) is 3. The summed E-state index contributed by atoms with van der Waals surface area (Å²) in [6, 6.07) is 3.76. The monoisotopic (exact) mass is 313 g/mol. The molecule has 0 spiro atoms. The molecule has 0 atom stereocenters. The minimum atomic E-state index is 0.563. The molecule has 0 saturated carbocycles. The maximum Gasteiger partial charge on any atom is 0.143 e. The number of aromatic nitrogens is 2. The molecule has 1 aromatic heterocycles. The van der Waals surface area contributed by atoms with E-state index in [1.807, 2.05) is 27.0 Å². The molecular weight excluding hydrogens is 297 g/mol. The van der Waals surface area contributed by atoms with Gasteiger partial charge in [0, 0.05) is 18.1 Å². The maximum atomic E-state index is 6.23. The van der Waals surface area contributed by atoms with Crippen LogP contribution in [0, 0.1) is 13.8 Å². The van der Waals surface area contributed by atoms with E-state index in [1.54, 1.807) is 17.9 Å². The largest absolute Gasteiger partial charge is 0.495 e. The molecule has 0 radical (unpaired) electrons. The first-order valence-electron chi connectivity index (χ1n) is 6.20. The first-order chi connectivity index (χ1) is 9.43. The topological polar surface area (TPSA) is 39.1 Å². The van der Waals surface area contributed by atoms with Crippen molar-refractivity contribution in [1.82, 2.24) is 9.78 Å². The average Bonchev–Trinajstić information content (AvgIpc) is 2.65. The van der Waals surface area contributed by atoms with E-state index in [0.29, 0.717) is 22.3 Å². The van der Waals surface area contributed by atoms with Crippen LogP contribution in [-0.4, -0.2) is 16.9 Å². The molecule has 2 aromatic rings. The van der Waals surface area contributed by atoms with Crippen molar-refractivity contribution in [3.63, 3.8) is 0 Å². The minimum Gasteiger partial charge on any atom is -0.495 e. The van der Waals surface area contributed by atoms with Crippen LogP contribution < -0.4 is 10.1 Å². The molecule has 108 valence electrons. The van der Waals surface area contributed by atoms with Crippen LogP contribution in [0.4, 0.5) is 5.69 Å². The molecule has 4 nitrogen and oxygen atoms in total. The fraction of sp³-hybridized carbons (Fsp3) is 0.357. The first kappa shape index (κ1) is 15.0. The number of aryl methyl sites for hydroxylation is 3. The van der Waals surface area contributed by atoms with E-state index in [2.05, 4.69) is 10.4 Å². The van der Waals surface area contributed by atoms with Gasteiger partial charge in [-0.25, -0.2) is 0 Å². The van der Waals surface area contributed by atoms with Crippen molar-refractivity contribution >= 4 is 28.9 Å². The van der Waals surface area contributed by atoms with Gasteiger partial charge in [0.05, 0.1) is 35.8 Å². The predicted octanol–water partition coefficient (Wildman–Crippen LogP) is 3.96. The van der Waals surface area contributed by atoms with Gasteiger partial charge in [0.25, 0.3) is 0 Å². The second-order valence-corrected chi connectivity index (χ2v) is 5.41. The number of nitrogens with zero attached hydrogens (tertiary/aromatic N) is 2. The van der Waals surface area contributed by atoms with Gasteiger partial charge < -0.3 is 10.1 Å². The number of anilines is 1. The van der Waals surface area contributed by atoms with Gasteiger partial charge in [-0.15, -0.1) is 0 Å². The van der Waals surface area contributed by atoms with E-state index in [9.17, 15) is 0 Å². The third-order valence-electron chi connectivity index (χ3n) is 3.19. The molecular formula is C14H17Cl2N3O. The molecule has 0 amide bonds. The van der Waals surface area contributed by atoms with Crippen molar-refractivity contribution < 1.29 is 4.74 Å². The molecule has 6 heteroatoms. The lowest BCUT2D eigenvalue weighted by Crippen LogP contribution is -2.07. The number of benzene rings is 1. The quantitative estimate of drug-likeness (QED) is 0.928. The smallest absolute Gasteiger partial charge is 0.143 e. The lowest BCUT2D eigenvalue weighted by molar-refractivity contribution is 0.416. The summed E-state index contributed by atoms with van der Waals surface area (Å²) in [5, 5.41) is 8.97. The fourth-order valence-corrected chi connectivity index (χ4v) is 2.40. The molecule has 20 heavy (non-hydrogen) atoms. The van der Waals surface area contributed by atoms with E-state index in [4.69, 9.17) is 27.9 Å². The standard InChI is InChI=1S/C14H17Cl2N3O/c1-8-5-11(13(20-4)6-10(8)15)17-7-12-14(16)9(2)18-19(12)3/h5-6,17H,7H2,1-4H3. The van der Waals surface area contributed by atoms with E-state index in [1.165, 1.54) is 0 Å². The van der Waals surface area contributed by atoms with E-state index >= 15 is 0 Å². The minimum absolute atomic E-state index is 0.563. The zero-order valence-corrected chi connectivity index (χ0v) is 13.4. The average molecular weight is 314 g/mol. The fourth-order valence-electron chi connectivity index (χ4n) is 2.02. The number of nitrogens with one attached hydrogen (secondary N) is 1. The van der Waals surface area contributed by atoms with Crippen molar-refractivity contribution in [2.24, 2.45) is 7.05 Å². The Morgan fingerprint density at radius 1 is 1.30 bits per heavy atom. The summed E-state index contributed by atoms with van der Waals surface area (Å²) in [6.45, 7) is 4.40. The van der Waals surface area contributed by atoms with Crippen LogP contribution in [0.25, 0.3) is 0 Å². The zero-order valence-electron chi connectivity index (χ0n) is 11.9. The Hall–Kier alpha value is -1.39. The molecule has 1 aromatic carbocycles. The van der Waals surface area contributed by atoms with Crippen LogP contribution in [0.3, 0.4) is 0 Å². The highest BCUT2D eigenvalue weighted by Crippen LogP contribution is 2.31. The molecule has 0 unspecified atom stereocenters. The highest BCUT2D eigenvalue weighted by atomic mass is 35.5. The normalized spacial score (nSPS) is 10.7. The van der Waals surface area contributed by atoms with Crippen LogP contribution in [-0.2, 0) is 13.6 Å². The Morgan fingerprint density at radius 3 is 2.55 bits per heavy atom. The number of hydrogen-bond donors (Lipinski definition) is 1. The van der Waals surface area contributed by atoms with Crippen molar-refractivity contribution in [1.29, 1.82) is 0 Å². The van der Waals surface area contributed by atoms with Crippen molar-refractivity contribution in [2.75, 3.05) is 12.4 Å². The Kier molecular flexibility index (Phi) is 4.45. The molecule has 1 heterocycles. The van der Waals surface area contributed by atoms with Gasteiger partial charge in [0.15, 0.2) is 0 Å². The first-order valence-corrected chi connectivity index (χ1v) is 6.95. The summed E-state index contributed by atoms with van der Waals surface area (Å²) in [6.07, 6.45) is 0. The predicted molar refractivity (Wildman–Crippen MR) is 83.0 cm³/mol. The lowest BCUT2D eigenvalue weighted by Gasteiger charge is -2.13. The summed E-state index contributed by atoms with van der Waals surface area (Å²) in [5.41, 5.74) is 3.62. The Bertz CT molecular complexity index is 638. The van der Waals surface area contributed by atoms with Gasteiger partial charge in [-0.3, -0.25) is 4.68 Å². The molecule has 1 N–H and O–H groups in total. The van der Waals surface area contributed by atoms with Gasteiger partial charge >= 0.3 is 0 Å². The van der Waals surface area contributed by atoms with Crippen molar-refractivity contribution in [3.8, 4) is 5.75 Å². The number of halogens is 2. The van der Waals surface area contributed by atoms with Crippen molar-refractivity contribution in [2.45, 2.75) is 20.4 Å². The number of rotatable bonds is 4. The highest BCUT2D eigenvalue weighted by Gasteiger charge is 2.12. The summed E-state index contributed by atoms with van der Waals surface area (Å²) in [7, 11) is 3.49. The molecule has 0 aliphatic heterocycles. The van der Waals surface area contributed by atoms with E-state index < -0.39 is 0 Å². The molecule has 0 aliphatic rings. The molecule has 0 aliphatic carbocycles. The Balaban J connectivity index is 2.25. The highest BCUT2D eigenvalue weighted by molar-refractivity contribution is 6.32. The van der Waals surface area contributed by atoms with Crippen LogP contribution in [0.2, 0.25) is 10.0 Å².